The summed E-state index contributed by atoms with van der Waals surface area (Å²) in [5, 5.41) is 3.44. The molecule has 6 heteroatoms. The van der Waals surface area contributed by atoms with Gasteiger partial charge in [-0.2, -0.15) is 0 Å². The fraction of sp³-hybridized carbons (Fsp3) is 0.211. The van der Waals surface area contributed by atoms with E-state index in [9.17, 15) is 4.79 Å². The number of rotatable bonds is 3. The second kappa shape index (κ2) is 6.69. The van der Waals surface area contributed by atoms with Gasteiger partial charge in [-0.05, 0) is 43.2 Å². The van der Waals surface area contributed by atoms with Crippen LogP contribution in [0.5, 0.6) is 0 Å². The van der Waals surface area contributed by atoms with Crippen molar-refractivity contribution in [1.29, 1.82) is 0 Å². The molecule has 0 aliphatic carbocycles. The van der Waals surface area contributed by atoms with E-state index in [0.717, 1.165) is 42.8 Å². The minimum Gasteiger partial charge on any atom is -0.354 e. The third-order valence-corrected chi connectivity index (χ3v) is 4.51. The van der Waals surface area contributed by atoms with Crippen molar-refractivity contribution >= 4 is 40.2 Å². The smallest absolute Gasteiger partial charge is 0.256 e. The SMILES string of the molecule is O=C(Nc1nc2ccccc2nc1N1CCCC1)c1cccc(Cl)c1. The van der Waals surface area contributed by atoms with Crippen molar-refractivity contribution in [2.45, 2.75) is 12.8 Å². The molecule has 5 nitrogen and oxygen atoms in total. The van der Waals surface area contributed by atoms with Crippen LogP contribution in [-0.4, -0.2) is 29.0 Å². The predicted octanol–water partition coefficient (Wildman–Crippen LogP) is 4.14. The third kappa shape index (κ3) is 3.28. The lowest BCUT2D eigenvalue weighted by molar-refractivity contribution is 0.102. The van der Waals surface area contributed by atoms with Crippen molar-refractivity contribution in [3.05, 3.63) is 59.1 Å². The monoisotopic (exact) mass is 352 g/mol. The van der Waals surface area contributed by atoms with Crippen LogP contribution in [0.25, 0.3) is 11.0 Å². The average molecular weight is 353 g/mol. The summed E-state index contributed by atoms with van der Waals surface area (Å²) in [7, 11) is 0. The van der Waals surface area contributed by atoms with E-state index in [0.29, 0.717) is 16.4 Å². The zero-order chi connectivity index (χ0) is 17.2. The van der Waals surface area contributed by atoms with Gasteiger partial charge in [0.25, 0.3) is 5.91 Å². The number of amides is 1. The molecule has 25 heavy (non-hydrogen) atoms. The van der Waals surface area contributed by atoms with E-state index in [1.54, 1.807) is 24.3 Å². The highest BCUT2D eigenvalue weighted by molar-refractivity contribution is 6.31. The number of anilines is 2. The Kier molecular flexibility index (Phi) is 4.24. The van der Waals surface area contributed by atoms with Crippen LogP contribution in [0.15, 0.2) is 48.5 Å². The molecule has 126 valence electrons. The molecule has 4 rings (SSSR count). The van der Waals surface area contributed by atoms with Crippen LogP contribution >= 0.6 is 11.6 Å². The molecule has 2 heterocycles. The summed E-state index contributed by atoms with van der Waals surface area (Å²) in [6.07, 6.45) is 2.24. The summed E-state index contributed by atoms with van der Waals surface area (Å²) >= 11 is 5.99. The van der Waals surface area contributed by atoms with Gasteiger partial charge in [0.2, 0.25) is 0 Å². The first-order valence-corrected chi connectivity index (χ1v) is 8.67. The van der Waals surface area contributed by atoms with Crippen LogP contribution < -0.4 is 10.2 Å². The number of nitrogens with one attached hydrogen (secondary N) is 1. The summed E-state index contributed by atoms with van der Waals surface area (Å²) in [4.78, 5) is 24.2. The molecule has 0 bridgehead atoms. The van der Waals surface area contributed by atoms with Gasteiger partial charge in [-0.3, -0.25) is 4.79 Å². The van der Waals surface area contributed by atoms with Crippen LogP contribution in [0.3, 0.4) is 0 Å². The Morgan fingerprint density at radius 1 is 1.00 bits per heavy atom. The lowest BCUT2D eigenvalue weighted by Crippen LogP contribution is -2.23. The first-order valence-electron chi connectivity index (χ1n) is 8.29. The minimum atomic E-state index is -0.243. The van der Waals surface area contributed by atoms with Crippen LogP contribution in [0.1, 0.15) is 23.2 Å². The normalized spacial score (nSPS) is 14.0. The Hall–Kier alpha value is -2.66. The van der Waals surface area contributed by atoms with E-state index >= 15 is 0 Å². The number of fused-ring (bicyclic) bond motifs is 1. The molecule has 2 aromatic carbocycles. The van der Waals surface area contributed by atoms with Crippen molar-refractivity contribution in [1.82, 2.24) is 9.97 Å². The molecule has 0 saturated carbocycles. The van der Waals surface area contributed by atoms with Crippen LogP contribution in [0.4, 0.5) is 11.6 Å². The number of hydrogen-bond donors (Lipinski definition) is 1. The summed E-state index contributed by atoms with van der Waals surface area (Å²) < 4.78 is 0. The Bertz CT molecular complexity index is 938. The second-order valence-corrected chi connectivity index (χ2v) is 6.48. The second-order valence-electron chi connectivity index (χ2n) is 6.04. The van der Waals surface area contributed by atoms with Crippen molar-refractivity contribution in [3.8, 4) is 0 Å². The first kappa shape index (κ1) is 15.8. The summed E-state index contributed by atoms with van der Waals surface area (Å²) in [6.45, 7) is 1.85. The van der Waals surface area contributed by atoms with Gasteiger partial charge >= 0.3 is 0 Å². The fourth-order valence-electron chi connectivity index (χ4n) is 3.03. The number of halogens is 1. The highest BCUT2D eigenvalue weighted by Crippen LogP contribution is 2.28. The average Bonchev–Trinajstić information content (AvgIpc) is 3.15. The summed E-state index contributed by atoms with van der Waals surface area (Å²) in [5.74, 6) is 0.977. The molecule has 3 aromatic rings. The lowest BCUT2D eigenvalue weighted by atomic mass is 10.2. The van der Waals surface area contributed by atoms with Crippen LogP contribution in [0.2, 0.25) is 5.02 Å². The maximum absolute atomic E-state index is 12.6. The van der Waals surface area contributed by atoms with Gasteiger partial charge in [-0.1, -0.05) is 29.8 Å². The molecule has 1 aliphatic rings. The largest absolute Gasteiger partial charge is 0.354 e. The third-order valence-electron chi connectivity index (χ3n) is 4.28. The highest BCUT2D eigenvalue weighted by Gasteiger charge is 2.21. The number of para-hydroxylation sites is 2. The van der Waals surface area contributed by atoms with Gasteiger partial charge in [0.05, 0.1) is 11.0 Å². The van der Waals surface area contributed by atoms with E-state index in [2.05, 4.69) is 15.2 Å². The summed E-state index contributed by atoms with van der Waals surface area (Å²) in [5.41, 5.74) is 2.08. The number of aromatic nitrogens is 2. The van der Waals surface area contributed by atoms with Crippen LogP contribution in [-0.2, 0) is 0 Å². The fourth-order valence-corrected chi connectivity index (χ4v) is 3.22. The molecular formula is C19H17ClN4O. The van der Waals surface area contributed by atoms with E-state index < -0.39 is 0 Å². The van der Waals surface area contributed by atoms with E-state index in [1.165, 1.54) is 0 Å². The molecule has 1 fully saturated rings. The standard InChI is InChI=1S/C19H17ClN4O/c20-14-7-5-6-13(12-14)19(25)23-17-18(24-10-3-4-11-24)22-16-9-2-1-8-15(16)21-17/h1-2,5-9,12H,3-4,10-11H2,(H,21,23,25). The van der Waals surface area contributed by atoms with Crippen molar-refractivity contribution in [3.63, 3.8) is 0 Å². The number of hydrogen-bond acceptors (Lipinski definition) is 4. The number of carbonyl (C=O) groups excluding carboxylic acids is 1. The van der Waals surface area contributed by atoms with Gasteiger partial charge in [0, 0.05) is 23.7 Å². The highest BCUT2D eigenvalue weighted by atomic mass is 35.5. The van der Waals surface area contributed by atoms with Gasteiger partial charge in [0.15, 0.2) is 11.6 Å². The molecule has 0 unspecified atom stereocenters. The maximum Gasteiger partial charge on any atom is 0.256 e. The molecule has 1 saturated heterocycles. The van der Waals surface area contributed by atoms with Crippen LogP contribution in [0, 0.1) is 0 Å². The van der Waals surface area contributed by atoms with E-state index in [-0.39, 0.29) is 5.91 Å². The van der Waals surface area contributed by atoms with Crippen molar-refractivity contribution < 1.29 is 4.79 Å². The Morgan fingerprint density at radius 2 is 1.72 bits per heavy atom. The first-order chi connectivity index (χ1) is 12.2. The van der Waals surface area contributed by atoms with Crippen molar-refractivity contribution in [2.75, 3.05) is 23.3 Å². The number of nitrogens with zero attached hydrogens (tertiary/aromatic N) is 3. The summed E-state index contributed by atoms with van der Waals surface area (Å²) in [6, 6.07) is 14.5. The van der Waals surface area contributed by atoms with Gasteiger partial charge < -0.3 is 10.2 Å². The van der Waals surface area contributed by atoms with Crippen molar-refractivity contribution in [2.24, 2.45) is 0 Å². The number of benzene rings is 2. The Balaban J connectivity index is 1.73. The number of carbonyl (C=O) groups is 1. The quantitative estimate of drug-likeness (QED) is 0.769. The predicted molar refractivity (Wildman–Crippen MR) is 100 cm³/mol. The topological polar surface area (TPSA) is 58.1 Å². The Morgan fingerprint density at radius 3 is 2.44 bits per heavy atom. The maximum atomic E-state index is 12.6. The lowest BCUT2D eigenvalue weighted by Gasteiger charge is -2.20. The molecule has 1 aromatic heterocycles. The zero-order valence-corrected chi connectivity index (χ0v) is 14.3. The molecule has 1 aliphatic heterocycles. The molecule has 1 amide bonds. The molecule has 0 atom stereocenters. The Labute approximate surface area is 150 Å². The minimum absolute atomic E-state index is 0.243. The molecule has 1 N–H and O–H groups in total. The van der Waals surface area contributed by atoms with Gasteiger partial charge in [-0.25, -0.2) is 9.97 Å². The van der Waals surface area contributed by atoms with E-state index in [1.807, 2.05) is 24.3 Å². The van der Waals surface area contributed by atoms with E-state index in [4.69, 9.17) is 16.6 Å². The molecule has 0 radical (unpaired) electrons. The molecule has 0 spiro atoms. The van der Waals surface area contributed by atoms with Gasteiger partial charge in [-0.15, -0.1) is 0 Å². The molecular weight excluding hydrogens is 336 g/mol. The zero-order valence-electron chi connectivity index (χ0n) is 13.6. The van der Waals surface area contributed by atoms with Gasteiger partial charge in [0.1, 0.15) is 0 Å².